The van der Waals surface area contributed by atoms with Crippen LogP contribution in [0.25, 0.3) is 5.73 Å². The molecule has 0 atom stereocenters. The summed E-state index contributed by atoms with van der Waals surface area (Å²) in [5.41, 5.74) is 13.1. The van der Waals surface area contributed by atoms with Gasteiger partial charge in [-0.25, -0.2) is 0 Å². The number of carbonyl (C=O) groups is 1. The second-order valence-electron chi connectivity index (χ2n) is 16.3. The van der Waals surface area contributed by atoms with Crippen LogP contribution in [0.2, 0.25) is 0 Å². The Bertz CT molecular complexity index is 647. The number of rotatable bonds is 6. The van der Waals surface area contributed by atoms with Gasteiger partial charge in [-0.1, -0.05) is 131 Å². The predicted octanol–water partition coefficient (Wildman–Crippen LogP) is 13.9. The summed E-state index contributed by atoms with van der Waals surface area (Å²) in [7, 11) is 0.770. The Balaban J connectivity index is 0.000000381. The third-order valence-corrected chi connectivity index (χ3v) is 20.1. The summed E-state index contributed by atoms with van der Waals surface area (Å²) in [6.45, 7) is 9.14. The van der Waals surface area contributed by atoms with Crippen LogP contribution in [-0.4, -0.2) is 51.1 Å². The van der Waals surface area contributed by atoms with Crippen LogP contribution in [0.3, 0.4) is 0 Å². The molecule has 6 aliphatic rings. The fraction of sp³-hybridized carbons (Fsp3) is 0.952. The van der Waals surface area contributed by atoms with Crippen molar-refractivity contribution in [3.05, 3.63) is 12.4 Å². The van der Waals surface area contributed by atoms with Gasteiger partial charge in [-0.05, 0) is 132 Å². The van der Waals surface area contributed by atoms with Gasteiger partial charge in [0.1, 0.15) is 0 Å². The first kappa shape index (κ1) is 47.7. The monoisotopic (exact) mass is 808 g/mol. The fourth-order valence-corrected chi connectivity index (χ4v) is 19.4. The van der Waals surface area contributed by atoms with Gasteiger partial charge >= 0.3 is 30.8 Å². The molecule has 1 amide bonds. The van der Waals surface area contributed by atoms with E-state index < -0.39 is 5.91 Å². The number of aliphatic hydroxyl groups excluding tert-OH is 1. The minimum atomic E-state index is -0.583. The van der Waals surface area contributed by atoms with Gasteiger partial charge < -0.3 is 15.6 Å². The van der Waals surface area contributed by atoms with Gasteiger partial charge in [0.05, 0.1) is 0 Å². The van der Waals surface area contributed by atoms with Crippen molar-refractivity contribution in [2.45, 2.75) is 253 Å². The van der Waals surface area contributed by atoms with Crippen LogP contribution in [-0.2, 0) is 28.9 Å². The summed E-state index contributed by atoms with van der Waals surface area (Å²) in [5, 5.41) is 8.06. The Hall–Kier alpha value is 0.653. The Morgan fingerprint density at radius 1 is 0.490 bits per heavy atom. The molecule has 0 bridgehead atoms. The van der Waals surface area contributed by atoms with Crippen LogP contribution in [0.15, 0.2) is 0 Å². The Morgan fingerprint density at radius 3 is 0.694 bits per heavy atom. The van der Waals surface area contributed by atoms with Crippen LogP contribution in [0.1, 0.15) is 213 Å². The maximum atomic E-state index is 9.11. The second kappa shape index (κ2) is 30.0. The van der Waals surface area contributed by atoms with Crippen LogP contribution in [0, 0.1) is 6.65 Å². The summed E-state index contributed by atoms with van der Waals surface area (Å²) in [6, 6.07) is 0. The van der Waals surface area contributed by atoms with Crippen LogP contribution < -0.4 is 0 Å². The topological polar surface area (TPSA) is 81.0 Å². The molecule has 7 heteroatoms. The molecule has 0 unspecified atom stereocenters. The molecule has 6 rings (SSSR count). The largest absolute Gasteiger partial charge is 1.00 e. The summed E-state index contributed by atoms with van der Waals surface area (Å²) in [6.07, 6.45) is 47.1. The summed E-state index contributed by atoms with van der Waals surface area (Å²) < 4.78 is 7.50. The molecule has 1 radical (unpaired) electrons. The SMILES string of the molecule is C1CCC(P(C2CCCCC2)C2CCCCC2)CC1.C1CCC(P(C2CCCCC2)C2CCCCC2)CC1.CC(C)O.CC([NH-])=O.[C-]#[O+].[Ru+]. The second-order valence-corrected chi connectivity index (χ2v) is 22.5. The molecule has 0 aliphatic heterocycles. The number of hydrogen-bond acceptors (Lipinski definition) is 2. The third kappa shape index (κ3) is 20.1. The molecule has 6 aliphatic carbocycles. The quantitative estimate of drug-likeness (QED) is 0.125. The van der Waals surface area contributed by atoms with Crippen molar-refractivity contribution in [1.82, 2.24) is 0 Å². The predicted molar refractivity (Wildman–Crippen MR) is 211 cm³/mol. The number of hydrogen-bond donors (Lipinski definition) is 1. The van der Waals surface area contributed by atoms with Crippen LogP contribution in [0.5, 0.6) is 0 Å². The maximum Gasteiger partial charge on any atom is 1.00 e. The average molecular weight is 808 g/mol. The summed E-state index contributed by atoms with van der Waals surface area (Å²) in [5.74, 6) is -0.583. The molecule has 2 N–H and O–H groups in total. The smallest absolute Gasteiger partial charge is 1.00 e. The number of amides is 1. The molecule has 0 aromatic heterocycles. The van der Waals surface area contributed by atoms with Gasteiger partial charge in [-0.15, -0.1) is 0 Å². The van der Waals surface area contributed by atoms with Gasteiger partial charge in [-0.3, -0.25) is 0 Å². The van der Waals surface area contributed by atoms with Gasteiger partial charge in [0.15, 0.2) is 0 Å². The van der Waals surface area contributed by atoms with E-state index in [0.717, 1.165) is 0 Å². The molecule has 4 nitrogen and oxygen atoms in total. The van der Waals surface area contributed by atoms with Crippen molar-refractivity contribution >= 4 is 21.8 Å². The van der Waals surface area contributed by atoms with E-state index in [4.69, 9.17) is 20.3 Å². The summed E-state index contributed by atoms with van der Waals surface area (Å²) in [4.78, 5) is 9.11. The molecule has 0 heterocycles. The minimum absolute atomic E-state index is 0. The van der Waals surface area contributed by atoms with Crippen molar-refractivity contribution < 1.29 is 34.0 Å². The fourth-order valence-electron chi connectivity index (χ4n) is 10.1. The van der Waals surface area contributed by atoms with E-state index in [2.05, 4.69) is 6.65 Å². The van der Waals surface area contributed by atoms with Gasteiger partial charge in [-0.2, -0.15) is 0 Å². The molecule has 0 saturated heterocycles. The molecule has 0 aromatic carbocycles. The summed E-state index contributed by atoms with van der Waals surface area (Å²) >= 11 is 0. The molecular formula is C42H78NO3P2Ru. The zero-order chi connectivity index (χ0) is 35.0. The van der Waals surface area contributed by atoms with Crippen LogP contribution in [0.4, 0.5) is 0 Å². The van der Waals surface area contributed by atoms with Crippen molar-refractivity contribution in [3.8, 4) is 0 Å². The van der Waals surface area contributed by atoms with Crippen molar-refractivity contribution in [2.24, 2.45) is 0 Å². The molecule has 0 spiro atoms. The zero-order valence-corrected chi connectivity index (χ0v) is 35.8. The first-order chi connectivity index (χ1) is 23.4. The van der Waals surface area contributed by atoms with Crippen molar-refractivity contribution in [1.29, 1.82) is 0 Å². The molecule has 49 heavy (non-hydrogen) atoms. The molecule has 6 saturated carbocycles. The Morgan fingerprint density at radius 2 is 0.592 bits per heavy atom. The van der Waals surface area contributed by atoms with Crippen molar-refractivity contribution in [3.63, 3.8) is 0 Å². The number of nitrogens with one attached hydrogen (secondary N) is 1. The molecular weight excluding hydrogens is 729 g/mol. The first-order valence-corrected chi connectivity index (χ1v) is 24.1. The van der Waals surface area contributed by atoms with E-state index in [0.29, 0.717) is 15.8 Å². The Kier molecular flexibility index (Phi) is 29.2. The Labute approximate surface area is 320 Å². The van der Waals surface area contributed by atoms with Gasteiger partial charge in [0.25, 0.3) is 0 Å². The number of aliphatic hydroxyl groups is 1. The minimum Gasteiger partial charge on any atom is 1.00 e. The standard InChI is InChI=1S/2C18H33P.C3H8O.C2H5NO.CO.Ru/c2*1-4-10-16(11-5-1)19(17-12-6-2-7-13-17)18-14-8-3-9-15-18;1-3(2)4;1-2(3)4;1-2;/h2*16-18H,1-15H2;3-4H,1-2H3;1H3,(H2,3,4);;/q;;;;;+1/p-1. The van der Waals surface area contributed by atoms with Crippen molar-refractivity contribution in [2.75, 3.05) is 0 Å². The average Bonchev–Trinajstić information content (AvgIpc) is 3.12. The van der Waals surface area contributed by atoms with E-state index >= 15 is 0 Å². The zero-order valence-electron chi connectivity index (χ0n) is 32.3. The van der Waals surface area contributed by atoms with Gasteiger partial charge in [0, 0.05) is 12.0 Å². The van der Waals surface area contributed by atoms with E-state index in [9.17, 15) is 0 Å². The van der Waals surface area contributed by atoms with E-state index in [1.54, 1.807) is 168 Å². The normalized spacial score (nSPS) is 23.7. The number of carbonyl (C=O) groups excluding carboxylic acids is 1. The third-order valence-electron chi connectivity index (χ3n) is 12.0. The molecule has 287 valence electrons. The first-order valence-electron chi connectivity index (χ1n) is 21.0. The maximum absolute atomic E-state index is 9.11. The van der Waals surface area contributed by atoms with Crippen LogP contribution >= 0.6 is 15.8 Å². The van der Waals surface area contributed by atoms with E-state index in [1.807, 2.05) is 0 Å². The molecule has 0 aromatic rings. The van der Waals surface area contributed by atoms with Gasteiger partial charge in [0.2, 0.25) is 0 Å². The van der Waals surface area contributed by atoms with E-state index in [1.165, 1.54) is 79.4 Å². The van der Waals surface area contributed by atoms with E-state index in [-0.39, 0.29) is 25.6 Å². The molecule has 6 fully saturated rings.